The number of aryl methyl sites for hydroxylation is 2. The summed E-state index contributed by atoms with van der Waals surface area (Å²) >= 11 is 0. The highest BCUT2D eigenvalue weighted by atomic mass is 16.5. The Bertz CT molecular complexity index is 1270. The fraction of sp³-hybridized carbons (Fsp3) is 0.321. The largest absolute Gasteiger partial charge is 0.496 e. The zero-order valence-electron chi connectivity index (χ0n) is 21.1. The number of esters is 1. The number of hydrogen-bond acceptors (Lipinski definition) is 6. The van der Waals surface area contributed by atoms with Gasteiger partial charge < -0.3 is 14.8 Å². The van der Waals surface area contributed by atoms with Gasteiger partial charge in [-0.2, -0.15) is 5.10 Å². The van der Waals surface area contributed by atoms with E-state index in [0.717, 1.165) is 28.4 Å². The molecule has 2 atom stereocenters. The third kappa shape index (κ3) is 5.66. The van der Waals surface area contributed by atoms with Crippen molar-refractivity contribution < 1.29 is 19.1 Å². The fourth-order valence-electron chi connectivity index (χ4n) is 4.65. The van der Waals surface area contributed by atoms with Crippen molar-refractivity contribution in [1.29, 1.82) is 0 Å². The lowest BCUT2D eigenvalue weighted by molar-refractivity contribution is -0.145. The Balaban J connectivity index is 1.44. The second-order valence-electron chi connectivity index (χ2n) is 8.93. The van der Waals surface area contributed by atoms with Crippen LogP contribution in [0.3, 0.4) is 0 Å². The molecule has 3 aromatic rings. The summed E-state index contributed by atoms with van der Waals surface area (Å²) in [7, 11) is 3.03. The molecule has 8 nitrogen and oxygen atoms in total. The third-order valence-electron chi connectivity index (χ3n) is 6.35. The van der Waals surface area contributed by atoms with Gasteiger partial charge in [-0.15, -0.1) is 0 Å². The van der Waals surface area contributed by atoms with Gasteiger partial charge >= 0.3 is 5.97 Å². The molecule has 1 aliphatic rings. The number of nitrogens with zero attached hydrogens (tertiary/aromatic N) is 3. The molecule has 0 radical (unpaired) electrons. The minimum absolute atomic E-state index is 0.182. The molecule has 0 unspecified atom stereocenters. The smallest absolute Gasteiger partial charge is 0.323 e. The number of methoxy groups -OCH3 is 2. The quantitative estimate of drug-likeness (QED) is 0.488. The van der Waals surface area contributed by atoms with Gasteiger partial charge in [0, 0.05) is 36.0 Å². The molecule has 1 N–H and O–H groups in total. The lowest BCUT2D eigenvalue weighted by Gasteiger charge is -2.20. The number of para-hydroxylation sites is 1. The van der Waals surface area contributed by atoms with Gasteiger partial charge in [-0.25, -0.2) is 4.68 Å². The highest BCUT2D eigenvalue weighted by Crippen LogP contribution is 2.22. The Morgan fingerprint density at radius 3 is 2.64 bits per heavy atom. The van der Waals surface area contributed by atoms with E-state index in [2.05, 4.69) is 10.4 Å². The Morgan fingerprint density at radius 1 is 1.11 bits per heavy atom. The summed E-state index contributed by atoms with van der Waals surface area (Å²) in [5.74, 6) is 0.301. The molecule has 2 aromatic carbocycles. The topological polar surface area (TPSA) is 85.7 Å². The van der Waals surface area contributed by atoms with Crippen LogP contribution in [0, 0.1) is 13.8 Å². The second-order valence-corrected chi connectivity index (χ2v) is 8.93. The van der Waals surface area contributed by atoms with E-state index in [1.54, 1.807) is 13.2 Å². The molecule has 1 aromatic heterocycles. The van der Waals surface area contributed by atoms with Crippen LogP contribution in [0.4, 0.5) is 0 Å². The zero-order valence-corrected chi connectivity index (χ0v) is 21.1. The molecule has 36 heavy (non-hydrogen) atoms. The number of rotatable bonds is 8. The first-order valence-electron chi connectivity index (χ1n) is 12.0. The molecular weight excluding hydrogens is 456 g/mol. The lowest BCUT2D eigenvalue weighted by atomic mass is 10.1. The number of nitrogens with one attached hydrogen (secondary N) is 1. The van der Waals surface area contributed by atoms with Crippen LogP contribution in [0.25, 0.3) is 11.8 Å². The van der Waals surface area contributed by atoms with Crippen LogP contribution in [0.2, 0.25) is 0 Å². The van der Waals surface area contributed by atoms with E-state index in [9.17, 15) is 9.59 Å². The number of benzene rings is 2. The first kappa shape index (κ1) is 25.2. The van der Waals surface area contributed by atoms with Crippen molar-refractivity contribution in [3.05, 3.63) is 83.2 Å². The van der Waals surface area contributed by atoms with Crippen molar-refractivity contribution in [2.75, 3.05) is 27.3 Å². The monoisotopic (exact) mass is 488 g/mol. The Kier molecular flexibility index (Phi) is 7.85. The summed E-state index contributed by atoms with van der Waals surface area (Å²) in [6, 6.07) is 16.5. The molecule has 8 heteroatoms. The van der Waals surface area contributed by atoms with Crippen LogP contribution >= 0.6 is 0 Å². The Labute approximate surface area is 211 Å². The van der Waals surface area contributed by atoms with Gasteiger partial charge in [0.2, 0.25) is 0 Å². The number of hydrogen-bond donors (Lipinski definition) is 1. The average Bonchev–Trinajstić information content (AvgIpc) is 3.45. The molecule has 0 aliphatic carbocycles. The third-order valence-corrected chi connectivity index (χ3v) is 6.35. The summed E-state index contributed by atoms with van der Waals surface area (Å²) in [6.07, 6.45) is 4.46. The number of amides is 1. The van der Waals surface area contributed by atoms with Crippen LogP contribution in [0.1, 0.15) is 33.7 Å². The number of likely N-dealkylation sites (tertiary alicyclic amines) is 1. The summed E-state index contributed by atoms with van der Waals surface area (Å²) in [5, 5.41) is 7.60. The van der Waals surface area contributed by atoms with Gasteiger partial charge in [0.25, 0.3) is 5.91 Å². The van der Waals surface area contributed by atoms with E-state index >= 15 is 0 Å². The second kappa shape index (κ2) is 11.2. The van der Waals surface area contributed by atoms with Gasteiger partial charge in [-0.3, -0.25) is 14.5 Å². The fourth-order valence-corrected chi connectivity index (χ4v) is 4.65. The predicted molar refractivity (Wildman–Crippen MR) is 138 cm³/mol. The van der Waals surface area contributed by atoms with Gasteiger partial charge in [0.15, 0.2) is 0 Å². The van der Waals surface area contributed by atoms with Crippen LogP contribution in [0.5, 0.6) is 5.75 Å². The SMILES string of the molecule is COC(=O)[C@@H]1C[C@@H](NC(=O)c2cccc(-n3nc(C)cc3C)c2)CN1C/C=C/c1ccccc1OC. The van der Waals surface area contributed by atoms with E-state index in [1.807, 2.05) is 84.1 Å². The van der Waals surface area contributed by atoms with Gasteiger partial charge in [-0.1, -0.05) is 36.4 Å². The Morgan fingerprint density at radius 2 is 1.92 bits per heavy atom. The summed E-state index contributed by atoms with van der Waals surface area (Å²) in [6.45, 7) is 5.00. The maximum Gasteiger partial charge on any atom is 0.323 e. The van der Waals surface area contributed by atoms with Crippen molar-refractivity contribution in [2.45, 2.75) is 32.4 Å². The zero-order chi connectivity index (χ0) is 25.7. The number of ether oxygens (including phenoxy) is 2. The number of aromatic nitrogens is 2. The first-order valence-corrected chi connectivity index (χ1v) is 12.0. The normalized spacial score (nSPS) is 17.9. The van der Waals surface area contributed by atoms with Crippen molar-refractivity contribution >= 4 is 18.0 Å². The molecule has 188 valence electrons. The average molecular weight is 489 g/mol. The molecule has 0 bridgehead atoms. The van der Waals surface area contributed by atoms with Crippen molar-refractivity contribution in [3.63, 3.8) is 0 Å². The maximum atomic E-state index is 13.1. The van der Waals surface area contributed by atoms with Crippen LogP contribution < -0.4 is 10.1 Å². The van der Waals surface area contributed by atoms with E-state index in [4.69, 9.17) is 9.47 Å². The molecule has 0 spiro atoms. The van der Waals surface area contributed by atoms with Crippen LogP contribution in [0.15, 0.2) is 60.7 Å². The molecule has 1 fully saturated rings. The number of carbonyl (C=O) groups excluding carboxylic acids is 2. The van der Waals surface area contributed by atoms with Gasteiger partial charge in [0.1, 0.15) is 11.8 Å². The molecular formula is C28H32N4O4. The highest BCUT2D eigenvalue weighted by Gasteiger charge is 2.37. The van der Waals surface area contributed by atoms with Crippen LogP contribution in [-0.2, 0) is 9.53 Å². The summed E-state index contributed by atoms with van der Waals surface area (Å²) in [5.41, 5.74) is 4.25. The number of carbonyl (C=O) groups is 2. The van der Waals surface area contributed by atoms with Crippen molar-refractivity contribution in [1.82, 2.24) is 20.0 Å². The molecule has 1 saturated heterocycles. The molecule has 4 rings (SSSR count). The standard InChI is InChI=1S/C28H32N4O4/c1-19-15-20(2)32(30-19)24-12-7-10-22(16-24)27(33)29-23-17-25(28(34)36-4)31(18-23)14-8-11-21-9-5-6-13-26(21)35-3/h5-13,15-16,23,25H,14,17-18H2,1-4H3,(H,29,33)/b11-8+/t23-,25+/m1/s1. The minimum Gasteiger partial charge on any atom is -0.496 e. The van der Waals surface area contributed by atoms with E-state index in [-0.39, 0.29) is 17.9 Å². The van der Waals surface area contributed by atoms with Gasteiger partial charge in [0.05, 0.1) is 25.6 Å². The van der Waals surface area contributed by atoms with Crippen LogP contribution in [-0.4, -0.2) is 65.9 Å². The Hall–Kier alpha value is -3.91. The summed E-state index contributed by atoms with van der Waals surface area (Å²) in [4.78, 5) is 27.6. The maximum absolute atomic E-state index is 13.1. The first-order chi connectivity index (χ1) is 17.4. The predicted octanol–water partition coefficient (Wildman–Crippen LogP) is 3.56. The molecule has 2 heterocycles. The molecule has 0 saturated carbocycles. The van der Waals surface area contributed by atoms with Crippen molar-refractivity contribution in [3.8, 4) is 11.4 Å². The van der Waals surface area contributed by atoms with Gasteiger partial charge in [-0.05, 0) is 50.6 Å². The lowest BCUT2D eigenvalue weighted by Crippen LogP contribution is -2.38. The minimum atomic E-state index is -0.427. The van der Waals surface area contributed by atoms with Crippen molar-refractivity contribution in [2.24, 2.45) is 0 Å². The van der Waals surface area contributed by atoms with E-state index in [0.29, 0.717) is 25.1 Å². The van der Waals surface area contributed by atoms with E-state index in [1.165, 1.54) is 7.11 Å². The molecule has 1 amide bonds. The van der Waals surface area contributed by atoms with E-state index < -0.39 is 6.04 Å². The highest BCUT2D eigenvalue weighted by molar-refractivity contribution is 5.95. The summed E-state index contributed by atoms with van der Waals surface area (Å²) < 4.78 is 12.3. The molecule has 1 aliphatic heterocycles.